The van der Waals surface area contributed by atoms with E-state index in [1.807, 2.05) is 24.5 Å². The smallest absolute Gasteiger partial charge is 0.338 e. The van der Waals surface area contributed by atoms with E-state index in [9.17, 15) is 14.4 Å². The molecule has 0 aliphatic carbocycles. The molecule has 2 amide bonds. The second-order valence-electron chi connectivity index (χ2n) is 5.87. The van der Waals surface area contributed by atoms with Crippen LogP contribution in [-0.2, 0) is 9.53 Å². The van der Waals surface area contributed by atoms with Crippen LogP contribution in [0.1, 0.15) is 20.9 Å². The number of rotatable bonds is 7. The molecule has 0 fully saturated rings. The third-order valence-corrected chi connectivity index (χ3v) is 4.54. The number of esters is 1. The van der Waals surface area contributed by atoms with Gasteiger partial charge in [-0.15, -0.1) is 11.8 Å². The van der Waals surface area contributed by atoms with Crippen molar-refractivity contribution in [2.75, 3.05) is 23.5 Å². The monoisotopic (exact) mass is 410 g/mol. The Morgan fingerprint density at radius 2 is 1.76 bits per heavy atom. The first-order valence-electron chi connectivity index (χ1n) is 8.61. The number of ether oxygens (including phenoxy) is 1. The van der Waals surface area contributed by atoms with Gasteiger partial charge in [-0.2, -0.15) is 0 Å². The van der Waals surface area contributed by atoms with Crippen molar-refractivity contribution >= 4 is 40.9 Å². The molecule has 3 aromatic rings. The summed E-state index contributed by atoms with van der Waals surface area (Å²) in [6, 6.07) is 16.6. The molecular weight excluding hydrogens is 392 g/mol. The number of thioether (sulfide) groups is 1. The van der Waals surface area contributed by atoms with Crippen LogP contribution in [0, 0.1) is 0 Å². The second-order valence-corrected chi connectivity index (χ2v) is 6.74. The molecule has 0 unspecified atom stereocenters. The van der Waals surface area contributed by atoms with Crippen molar-refractivity contribution < 1.29 is 23.5 Å². The Labute approximate surface area is 171 Å². The zero-order valence-corrected chi connectivity index (χ0v) is 16.3. The lowest BCUT2D eigenvalue weighted by atomic mass is 10.2. The molecule has 0 bridgehead atoms. The molecule has 2 aromatic carbocycles. The van der Waals surface area contributed by atoms with Gasteiger partial charge in [0.25, 0.3) is 11.8 Å². The SMILES string of the molecule is CSc1cccc(NC(=O)COC(=O)c2ccc(NC(=O)c3ccco3)cc2)c1. The van der Waals surface area contributed by atoms with E-state index in [4.69, 9.17) is 9.15 Å². The van der Waals surface area contributed by atoms with Gasteiger partial charge in [-0.1, -0.05) is 6.07 Å². The number of benzene rings is 2. The molecular formula is C21H18N2O5S. The van der Waals surface area contributed by atoms with Crippen LogP contribution in [-0.4, -0.2) is 30.6 Å². The maximum absolute atomic E-state index is 12.1. The average Bonchev–Trinajstić information content (AvgIpc) is 3.28. The van der Waals surface area contributed by atoms with Crippen molar-refractivity contribution in [3.63, 3.8) is 0 Å². The summed E-state index contributed by atoms with van der Waals surface area (Å²) in [7, 11) is 0. The van der Waals surface area contributed by atoms with E-state index in [0.717, 1.165) is 4.90 Å². The van der Waals surface area contributed by atoms with Crippen molar-refractivity contribution in [2.45, 2.75) is 4.90 Å². The zero-order valence-electron chi connectivity index (χ0n) is 15.5. The summed E-state index contributed by atoms with van der Waals surface area (Å²) in [6.45, 7) is -0.403. The highest BCUT2D eigenvalue weighted by molar-refractivity contribution is 7.98. The van der Waals surface area contributed by atoms with Gasteiger partial charge in [0, 0.05) is 16.3 Å². The van der Waals surface area contributed by atoms with Crippen LogP contribution in [0.4, 0.5) is 11.4 Å². The first-order chi connectivity index (χ1) is 14.0. The van der Waals surface area contributed by atoms with Gasteiger partial charge in [0.2, 0.25) is 0 Å². The normalized spacial score (nSPS) is 10.2. The average molecular weight is 410 g/mol. The first-order valence-corrected chi connectivity index (χ1v) is 9.83. The van der Waals surface area contributed by atoms with Crippen LogP contribution in [0.3, 0.4) is 0 Å². The molecule has 29 heavy (non-hydrogen) atoms. The van der Waals surface area contributed by atoms with E-state index in [1.54, 1.807) is 42.1 Å². The fourth-order valence-corrected chi connectivity index (χ4v) is 2.86. The Hall–Kier alpha value is -3.52. The van der Waals surface area contributed by atoms with Crippen LogP contribution in [0.5, 0.6) is 0 Å². The number of carbonyl (C=O) groups is 3. The number of carbonyl (C=O) groups excluding carboxylic acids is 3. The highest BCUT2D eigenvalue weighted by Crippen LogP contribution is 2.19. The summed E-state index contributed by atoms with van der Waals surface area (Å²) in [5, 5.41) is 5.33. The molecule has 0 saturated carbocycles. The second kappa shape index (κ2) is 9.61. The molecule has 7 nitrogen and oxygen atoms in total. The fraction of sp³-hybridized carbons (Fsp3) is 0.0952. The third kappa shape index (κ3) is 5.73. The summed E-state index contributed by atoms with van der Waals surface area (Å²) in [5.41, 5.74) is 1.39. The summed E-state index contributed by atoms with van der Waals surface area (Å²) >= 11 is 1.56. The molecule has 1 heterocycles. The van der Waals surface area contributed by atoms with Gasteiger partial charge in [-0.25, -0.2) is 4.79 Å². The van der Waals surface area contributed by atoms with Crippen LogP contribution >= 0.6 is 11.8 Å². The maximum atomic E-state index is 12.1. The predicted molar refractivity (Wildman–Crippen MR) is 110 cm³/mol. The minimum absolute atomic E-state index is 0.183. The fourth-order valence-electron chi connectivity index (χ4n) is 2.40. The Bertz CT molecular complexity index is 1000. The minimum Gasteiger partial charge on any atom is -0.459 e. The van der Waals surface area contributed by atoms with Gasteiger partial charge in [-0.05, 0) is 60.9 Å². The number of furan rings is 1. The molecule has 148 valence electrons. The lowest BCUT2D eigenvalue weighted by Crippen LogP contribution is -2.21. The molecule has 2 N–H and O–H groups in total. The van der Waals surface area contributed by atoms with E-state index < -0.39 is 24.4 Å². The molecule has 0 aliphatic heterocycles. The summed E-state index contributed by atoms with van der Waals surface area (Å²) in [6.07, 6.45) is 3.35. The summed E-state index contributed by atoms with van der Waals surface area (Å²) in [4.78, 5) is 37.0. The number of hydrogen-bond donors (Lipinski definition) is 2. The number of anilines is 2. The minimum atomic E-state index is -0.637. The predicted octanol–water partition coefficient (Wildman–Crippen LogP) is 4.05. The van der Waals surface area contributed by atoms with Crippen molar-refractivity contribution in [3.05, 3.63) is 78.3 Å². The highest BCUT2D eigenvalue weighted by Gasteiger charge is 2.12. The molecule has 1 aromatic heterocycles. The maximum Gasteiger partial charge on any atom is 0.338 e. The van der Waals surface area contributed by atoms with Crippen LogP contribution in [0.2, 0.25) is 0 Å². The van der Waals surface area contributed by atoms with E-state index in [-0.39, 0.29) is 11.3 Å². The Kier molecular flexibility index (Phi) is 6.70. The highest BCUT2D eigenvalue weighted by atomic mass is 32.2. The molecule has 0 spiro atoms. The van der Waals surface area contributed by atoms with E-state index in [1.165, 1.54) is 18.4 Å². The standard InChI is InChI=1S/C21H18N2O5S/c1-29-17-5-2-4-16(12-17)22-19(24)13-28-21(26)14-7-9-15(10-8-14)23-20(25)18-6-3-11-27-18/h2-12H,13H2,1H3,(H,22,24)(H,23,25). The third-order valence-electron chi connectivity index (χ3n) is 3.81. The Morgan fingerprint density at radius 3 is 2.45 bits per heavy atom. The van der Waals surface area contributed by atoms with E-state index >= 15 is 0 Å². The largest absolute Gasteiger partial charge is 0.459 e. The topological polar surface area (TPSA) is 97.6 Å². The van der Waals surface area contributed by atoms with Gasteiger partial charge in [0.05, 0.1) is 11.8 Å². The molecule has 8 heteroatoms. The van der Waals surface area contributed by atoms with Crippen LogP contribution in [0.15, 0.2) is 76.2 Å². The quantitative estimate of drug-likeness (QED) is 0.450. The molecule has 0 radical (unpaired) electrons. The van der Waals surface area contributed by atoms with Crippen molar-refractivity contribution in [1.82, 2.24) is 0 Å². The van der Waals surface area contributed by atoms with Crippen LogP contribution < -0.4 is 10.6 Å². The van der Waals surface area contributed by atoms with Gasteiger partial charge < -0.3 is 19.8 Å². The molecule has 0 saturated heterocycles. The Morgan fingerprint density at radius 1 is 0.966 bits per heavy atom. The molecule has 3 rings (SSSR count). The first kappa shape index (κ1) is 20.2. The Balaban J connectivity index is 1.50. The number of nitrogens with one attached hydrogen (secondary N) is 2. The summed E-state index contributed by atoms with van der Waals surface area (Å²) < 4.78 is 10.1. The van der Waals surface area contributed by atoms with Gasteiger partial charge in [0.1, 0.15) is 0 Å². The van der Waals surface area contributed by atoms with Gasteiger partial charge >= 0.3 is 5.97 Å². The van der Waals surface area contributed by atoms with Crippen molar-refractivity contribution in [3.8, 4) is 0 Å². The van der Waals surface area contributed by atoms with E-state index in [2.05, 4.69) is 10.6 Å². The number of hydrogen-bond acceptors (Lipinski definition) is 6. The van der Waals surface area contributed by atoms with Crippen molar-refractivity contribution in [2.24, 2.45) is 0 Å². The number of amides is 2. The lowest BCUT2D eigenvalue weighted by Gasteiger charge is -2.08. The van der Waals surface area contributed by atoms with Gasteiger partial charge in [-0.3, -0.25) is 9.59 Å². The zero-order chi connectivity index (χ0) is 20.6. The molecule has 0 atom stereocenters. The lowest BCUT2D eigenvalue weighted by molar-refractivity contribution is -0.119. The van der Waals surface area contributed by atoms with E-state index in [0.29, 0.717) is 11.4 Å². The van der Waals surface area contributed by atoms with Gasteiger partial charge in [0.15, 0.2) is 12.4 Å². The van der Waals surface area contributed by atoms with Crippen molar-refractivity contribution in [1.29, 1.82) is 0 Å². The molecule has 0 aliphatic rings. The van der Waals surface area contributed by atoms with Crippen LogP contribution in [0.25, 0.3) is 0 Å². The summed E-state index contributed by atoms with van der Waals surface area (Å²) in [5.74, 6) is -1.28.